The van der Waals surface area contributed by atoms with E-state index in [-0.39, 0.29) is 17.8 Å². The van der Waals surface area contributed by atoms with Crippen molar-refractivity contribution in [2.24, 2.45) is 0 Å². The van der Waals surface area contributed by atoms with E-state index in [4.69, 9.17) is 0 Å². The molecule has 2 N–H and O–H groups in total. The van der Waals surface area contributed by atoms with Crippen LogP contribution >= 0.6 is 0 Å². The third kappa shape index (κ3) is 4.15. The van der Waals surface area contributed by atoms with Crippen LogP contribution in [0.5, 0.6) is 5.75 Å². The normalized spacial score (nSPS) is 15.1. The van der Waals surface area contributed by atoms with E-state index in [0.717, 1.165) is 25.0 Å². The Bertz CT molecular complexity index is 427. The number of hydrogen-bond acceptors (Lipinski definition) is 2. The Morgan fingerprint density at radius 3 is 2.33 bits per heavy atom. The standard InChI is InChI=1S/C11H11F3N2O2/c12-11(13,14)18-9-5-3-8(4-6-9)16-10(17)15-7-1-2-7/h3-7H,1-2H2,(H2,15,16,17). The number of alkyl halides is 3. The van der Waals surface area contributed by atoms with Crippen molar-refractivity contribution in [2.75, 3.05) is 5.32 Å². The van der Waals surface area contributed by atoms with Crippen molar-refractivity contribution in [2.45, 2.75) is 25.2 Å². The van der Waals surface area contributed by atoms with E-state index >= 15 is 0 Å². The number of urea groups is 1. The highest BCUT2D eigenvalue weighted by atomic mass is 19.4. The summed E-state index contributed by atoms with van der Waals surface area (Å²) in [4.78, 5) is 11.3. The van der Waals surface area contributed by atoms with Gasteiger partial charge in [-0.3, -0.25) is 0 Å². The van der Waals surface area contributed by atoms with Gasteiger partial charge in [-0.15, -0.1) is 13.2 Å². The Labute approximate surface area is 101 Å². The largest absolute Gasteiger partial charge is 0.573 e. The Kier molecular flexibility index (Phi) is 3.31. The molecule has 0 aliphatic heterocycles. The number of amides is 2. The Hall–Kier alpha value is -1.92. The van der Waals surface area contributed by atoms with Gasteiger partial charge in [0, 0.05) is 11.7 Å². The zero-order valence-corrected chi connectivity index (χ0v) is 9.25. The van der Waals surface area contributed by atoms with Crippen molar-refractivity contribution in [3.63, 3.8) is 0 Å². The average molecular weight is 260 g/mol. The fraction of sp³-hybridized carbons (Fsp3) is 0.364. The molecule has 7 heteroatoms. The number of ether oxygens (including phenoxy) is 1. The maximum absolute atomic E-state index is 11.9. The molecule has 1 aromatic rings. The average Bonchev–Trinajstić information content (AvgIpc) is 3.02. The third-order valence-corrected chi connectivity index (χ3v) is 2.26. The van der Waals surface area contributed by atoms with Crippen LogP contribution in [-0.4, -0.2) is 18.4 Å². The van der Waals surface area contributed by atoms with Crippen LogP contribution in [0.25, 0.3) is 0 Å². The lowest BCUT2D eigenvalue weighted by Crippen LogP contribution is -2.30. The second kappa shape index (κ2) is 4.75. The van der Waals surface area contributed by atoms with Crippen LogP contribution in [0.15, 0.2) is 24.3 Å². The summed E-state index contributed by atoms with van der Waals surface area (Å²) in [7, 11) is 0. The predicted molar refractivity (Wildman–Crippen MR) is 58.3 cm³/mol. The number of carbonyl (C=O) groups is 1. The smallest absolute Gasteiger partial charge is 0.406 e. The van der Waals surface area contributed by atoms with E-state index in [0.29, 0.717) is 5.69 Å². The molecule has 0 saturated heterocycles. The Balaban J connectivity index is 1.88. The molecule has 18 heavy (non-hydrogen) atoms. The van der Waals surface area contributed by atoms with Crippen LogP contribution in [0, 0.1) is 0 Å². The molecule has 0 spiro atoms. The minimum atomic E-state index is -4.71. The maximum Gasteiger partial charge on any atom is 0.573 e. The summed E-state index contributed by atoms with van der Waals surface area (Å²) in [6.45, 7) is 0. The first kappa shape index (κ1) is 12.5. The molecule has 0 bridgehead atoms. The lowest BCUT2D eigenvalue weighted by molar-refractivity contribution is -0.274. The van der Waals surface area contributed by atoms with Gasteiger partial charge in [0.05, 0.1) is 0 Å². The van der Waals surface area contributed by atoms with Gasteiger partial charge in [0.15, 0.2) is 0 Å². The number of halogens is 3. The lowest BCUT2D eigenvalue weighted by atomic mass is 10.3. The molecule has 0 unspecified atom stereocenters. The zero-order valence-electron chi connectivity index (χ0n) is 9.25. The molecule has 2 rings (SSSR count). The summed E-state index contributed by atoms with van der Waals surface area (Å²) in [5, 5.41) is 5.21. The Morgan fingerprint density at radius 2 is 1.83 bits per heavy atom. The van der Waals surface area contributed by atoms with Crippen LogP contribution in [0.3, 0.4) is 0 Å². The van der Waals surface area contributed by atoms with E-state index in [1.807, 2.05) is 0 Å². The summed E-state index contributed by atoms with van der Waals surface area (Å²) in [6, 6.07) is 4.82. The van der Waals surface area contributed by atoms with Gasteiger partial charge in [0.2, 0.25) is 0 Å². The number of hydrogen-bond donors (Lipinski definition) is 2. The number of rotatable bonds is 3. The molecule has 1 aromatic carbocycles. The van der Waals surface area contributed by atoms with E-state index < -0.39 is 6.36 Å². The van der Waals surface area contributed by atoms with E-state index in [1.165, 1.54) is 12.1 Å². The first-order chi connectivity index (χ1) is 8.42. The van der Waals surface area contributed by atoms with Crippen LogP contribution < -0.4 is 15.4 Å². The highest BCUT2D eigenvalue weighted by Gasteiger charge is 2.31. The van der Waals surface area contributed by atoms with Crippen molar-refractivity contribution >= 4 is 11.7 Å². The molecule has 1 fully saturated rings. The van der Waals surface area contributed by atoms with E-state index in [9.17, 15) is 18.0 Å². The van der Waals surface area contributed by atoms with Gasteiger partial charge in [0.1, 0.15) is 5.75 Å². The van der Waals surface area contributed by atoms with Crippen LogP contribution in [-0.2, 0) is 0 Å². The molecule has 0 atom stereocenters. The number of carbonyl (C=O) groups excluding carboxylic acids is 1. The highest BCUT2D eigenvalue weighted by molar-refractivity contribution is 5.89. The number of nitrogens with one attached hydrogen (secondary N) is 2. The van der Waals surface area contributed by atoms with Gasteiger partial charge in [0.25, 0.3) is 0 Å². The molecule has 98 valence electrons. The molecule has 4 nitrogen and oxygen atoms in total. The molecule has 1 saturated carbocycles. The summed E-state index contributed by atoms with van der Waals surface area (Å²) in [6.07, 6.45) is -2.78. The van der Waals surface area contributed by atoms with E-state index in [2.05, 4.69) is 15.4 Å². The van der Waals surface area contributed by atoms with Gasteiger partial charge >= 0.3 is 12.4 Å². The monoisotopic (exact) mass is 260 g/mol. The number of anilines is 1. The topological polar surface area (TPSA) is 50.4 Å². The summed E-state index contributed by atoms with van der Waals surface area (Å²) in [5.74, 6) is -0.323. The van der Waals surface area contributed by atoms with Gasteiger partial charge in [-0.25, -0.2) is 4.79 Å². The zero-order chi connectivity index (χ0) is 13.2. The van der Waals surface area contributed by atoms with Crippen molar-refractivity contribution in [3.8, 4) is 5.75 Å². The molecule has 0 radical (unpaired) electrons. The van der Waals surface area contributed by atoms with E-state index in [1.54, 1.807) is 0 Å². The number of benzene rings is 1. The summed E-state index contributed by atoms with van der Waals surface area (Å²) >= 11 is 0. The molecular formula is C11H11F3N2O2. The molecule has 1 aliphatic rings. The summed E-state index contributed by atoms with van der Waals surface area (Å²) in [5.41, 5.74) is 0.405. The molecule has 2 amide bonds. The fourth-order valence-electron chi connectivity index (χ4n) is 1.32. The summed E-state index contributed by atoms with van der Waals surface area (Å²) < 4.78 is 39.4. The second-order valence-electron chi connectivity index (χ2n) is 3.94. The van der Waals surface area contributed by atoms with Crippen molar-refractivity contribution in [1.82, 2.24) is 5.32 Å². The van der Waals surface area contributed by atoms with Crippen molar-refractivity contribution < 1.29 is 22.7 Å². The molecule has 0 aromatic heterocycles. The predicted octanol–water partition coefficient (Wildman–Crippen LogP) is 2.87. The van der Waals surface area contributed by atoms with Crippen LogP contribution in [0.1, 0.15) is 12.8 Å². The van der Waals surface area contributed by atoms with Gasteiger partial charge in [-0.05, 0) is 37.1 Å². The van der Waals surface area contributed by atoms with Gasteiger partial charge in [-0.1, -0.05) is 0 Å². The van der Waals surface area contributed by atoms with Crippen LogP contribution in [0.4, 0.5) is 23.7 Å². The van der Waals surface area contributed by atoms with Crippen molar-refractivity contribution in [3.05, 3.63) is 24.3 Å². The highest BCUT2D eigenvalue weighted by Crippen LogP contribution is 2.24. The Morgan fingerprint density at radius 1 is 1.22 bits per heavy atom. The minimum Gasteiger partial charge on any atom is -0.406 e. The SMILES string of the molecule is O=C(Nc1ccc(OC(F)(F)F)cc1)NC1CC1. The minimum absolute atomic E-state index is 0.220. The quantitative estimate of drug-likeness (QED) is 0.878. The third-order valence-electron chi connectivity index (χ3n) is 2.26. The first-order valence-electron chi connectivity index (χ1n) is 5.36. The van der Waals surface area contributed by atoms with Crippen LogP contribution in [0.2, 0.25) is 0 Å². The van der Waals surface area contributed by atoms with Gasteiger partial charge < -0.3 is 15.4 Å². The lowest BCUT2D eigenvalue weighted by Gasteiger charge is -2.10. The fourth-order valence-corrected chi connectivity index (χ4v) is 1.32. The second-order valence-corrected chi connectivity index (χ2v) is 3.94. The first-order valence-corrected chi connectivity index (χ1v) is 5.36. The van der Waals surface area contributed by atoms with Crippen molar-refractivity contribution in [1.29, 1.82) is 0 Å². The molecule has 1 aliphatic carbocycles. The maximum atomic E-state index is 11.9. The van der Waals surface area contributed by atoms with Gasteiger partial charge in [-0.2, -0.15) is 0 Å². The molecular weight excluding hydrogens is 249 g/mol. The molecule has 0 heterocycles.